The third kappa shape index (κ3) is 1.85. The first-order valence-electron chi connectivity index (χ1n) is 3.20. The molecule has 0 radical (unpaired) electrons. The van der Waals surface area contributed by atoms with Crippen molar-refractivity contribution in [1.29, 1.82) is 0 Å². The van der Waals surface area contributed by atoms with Gasteiger partial charge in [-0.2, -0.15) is 0 Å². The minimum Gasteiger partial charge on any atom is -0.481 e. The molecule has 3 N–H and O–H groups in total. The van der Waals surface area contributed by atoms with Crippen molar-refractivity contribution in [3.05, 3.63) is 0 Å². The van der Waals surface area contributed by atoms with Crippen molar-refractivity contribution in [1.82, 2.24) is 0 Å². The standard InChI is InChI=1S/C6H11NO2.ClH/c7-5-3-1-2-4(5)6(8)9;/h4-5H,1-3,7H2,(H,8,9);1H. The molecule has 0 aromatic rings. The van der Waals surface area contributed by atoms with Gasteiger partial charge in [0.15, 0.2) is 0 Å². The smallest absolute Gasteiger partial charge is 0.308 e. The maximum Gasteiger partial charge on any atom is 0.308 e. The Kier molecular flexibility index (Phi) is 3.68. The molecule has 0 saturated heterocycles. The van der Waals surface area contributed by atoms with Crippen LogP contribution in [0.25, 0.3) is 0 Å². The maximum atomic E-state index is 10.3. The van der Waals surface area contributed by atoms with Crippen LogP contribution in [0.15, 0.2) is 0 Å². The number of nitrogens with two attached hydrogens (primary N) is 1. The molecule has 2 unspecified atom stereocenters. The number of carboxylic acid groups (broad SMARTS) is 1. The van der Waals surface area contributed by atoms with Gasteiger partial charge in [0.1, 0.15) is 0 Å². The lowest BCUT2D eigenvalue weighted by atomic mass is 10.1. The second-order valence-electron chi connectivity index (χ2n) is 2.54. The van der Waals surface area contributed by atoms with Crippen LogP contribution in [0, 0.1) is 5.92 Å². The van der Waals surface area contributed by atoms with Gasteiger partial charge < -0.3 is 10.8 Å². The van der Waals surface area contributed by atoms with Gasteiger partial charge in [0.05, 0.1) is 5.92 Å². The Balaban J connectivity index is 0.000000810. The Morgan fingerprint density at radius 1 is 1.50 bits per heavy atom. The van der Waals surface area contributed by atoms with Crippen molar-refractivity contribution in [3.63, 3.8) is 0 Å². The zero-order chi connectivity index (χ0) is 6.85. The van der Waals surface area contributed by atoms with E-state index in [1.165, 1.54) is 0 Å². The molecule has 1 aliphatic rings. The molecule has 1 saturated carbocycles. The Labute approximate surface area is 66.0 Å². The van der Waals surface area contributed by atoms with Crippen LogP contribution in [-0.4, -0.2) is 17.1 Å². The van der Waals surface area contributed by atoms with Gasteiger partial charge in [0.2, 0.25) is 0 Å². The van der Waals surface area contributed by atoms with Crippen molar-refractivity contribution < 1.29 is 9.90 Å². The van der Waals surface area contributed by atoms with Crippen LogP contribution < -0.4 is 5.73 Å². The van der Waals surface area contributed by atoms with Crippen molar-refractivity contribution in [2.45, 2.75) is 25.3 Å². The van der Waals surface area contributed by atoms with Gasteiger partial charge in [-0.1, -0.05) is 6.42 Å². The summed E-state index contributed by atoms with van der Waals surface area (Å²) in [5, 5.41) is 8.50. The van der Waals surface area contributed by atoms with E-state index in [4.69, 9.17) is 10.8 Å². The lowest BCUT2D eigenvalue weighted by Crippen LogP contribution is -2.30. The van der Waals surface area contributed by atoms with Crippen LogP contribution in [0.4, 0.5) is 0 Å². The van der Waals surface area contributed by atoms with E-state index in [2.05, 4.69) is 0 Å². The summed E-state index contributed by atoms with van der Waals surface area (Å²) in [6.45, 7) is 0. The van der Waals surface area contributed by atoms with Crippen LogP contribution in [0.2, 0.25) is 0 Å². The van der Waals surface area contributed by atoms with Gasteiger partial charge in [-0.05, 0) is 12.8 Å². The van der Waals surface area contributed by atoms with Crippen LogP contribution in [0.1, 0.15) is 19.3 Å². The monoisotopic (exact) mass is 165 g/mol. The van der Waals surface area contributed by atoms with Crippen molar-refractivity contribution in [2.24, 2.45) is 11.7 Å². The Hall–Kier alpha value is -0.280. The SMILES string of the molecule is Cl.NC1CCCC1C(=O)O. The lowest BCUT2D eigenvalue weighted by molar-refractivity contribution is -0.141. The Morgan fingerprint density at radius 3 is 2.30 bits per heavy atom. The van der Waals surface area contributed by atoms with E-state index in [9.17, 15) is 4.79 Å². The largest absolute Gasteiger partial charge is 0.481 e. The number of carboxylic acids is 1. The number of hydrogen-bond donors (Lipinski definition) is 2. The normalized spacial score (nSPS) is 31.3. The molecule has 0 aromatic carbocycles. The van der Waals surface area contributed by atoms with Crippen LogP contribution in [0.5, 0.6) is 0 Å². The van der Waals surface area contributed by atoms with Crippen molar-refractivity contribution in [3.8, 4) is 0 Å². The lowest BCUT2D eigenvalue weighted by Gasteiger charge is -2.07. The van der Waals surface area contributed by atoms with E-state index in [1.807, 2.05) is 0 Å². The fraction of sp³-hybridized carbons (Fsp3) is 0.833. The fourth-order valence-corrected chi connectivity index (χ4v) is 1.30. The fourth-order valence-electron chi connectivity index (χ4n) is 1.30. The van der Waals surface area contributed by atoms with Crippen LogP contribution >= 0.6 is 12.4 Å². The quantitative estimate of drug-likeness (QED) is 0.599. The predicted molar refractivity (Wildman–Crippen MR) is 40.2 cm³/mol. The third-order valence-electron chi connectivity index (χ3n) is 1.89. The molecule has 0 heterocycles. The molecule has 0 bridgehead atoms. The van der Waals surface area contributed by atoms with E-state index in [-0.39, 0.29) is 24.4 Å². The molecular weight excluding hydrogens is 154 g/mol. The van der Waals surface area contributed by atoms with Gasteiger partial charge in [-0.15, -0.1) is 12.4 Å². The molecule has 0 spiro atoms. The van der Waals surface area contributed by atoms with Crippen LogP contribution in [0.3, 0.4) is 0 Å². The van der Waals surface area contributed by atoms with E-state index in [0.29, 0.717) is 0 Å². The van der Waals surface area contributed by atoms with Crippen molar-refractivity contribution in [2.75, 3.05) is 0 Å². The average Bonchev–Trinajstić information content (AvgIpc) is 2.13. The summed E-state index contributed by atoms with van der Waals surface area (Å²) in [4.78, 5) is 10.3. The zero-order valence-electron chi connectivity index (χ0n) is 5.62. The summed E-state index contributed by atoms with van der Waals surface area (Å²) < 4.78 is 0. The van der Waals surface area contributed by atoms with Gasteiger partial charge in [-0.3, -0.25) is 4.79 Å². The molecule has 1 rings (SSSR count). The molecule has 2 atom stereocenters. The summed E-state index contributed by atoms with van der Waals surface area (Å²) in [6.07, 6.45) is 2.60. The summed E-state index contributed by atoms with van der Waals surface area (Å²) in [6, 6.07) is -0.0949. The van der Waals surface area contributed by atoms with Gasteiger partial charge >= 0.3 is 5.97 Å². The van der Waals surface area contributed by atoms with E-state index < -0.39 is 5.97 Å². The van der Waals surface area contributed by atoms with Gasteiger partial charge in [0, 0.05) is 6.04 Å². The molecule has 4 heteroatoms. The van der Waals surface area contributed by atoms with E-state index >= 15 is 0 Å². The number of aliphatic carboxylic acids is 1. The molecular formula is C6H12ClNO2. The Morgan fingerprint density at radius 2 is 2.10 bits per heavy atom. The van der Waals surface area contributed by atoms with Gasteiger partial charge in [-0.25, -0.2) is 0 Å². The summed E-state index contributed by atoms with van der Waals surface area (Å²) in [5.41, 5.74) is 5.50. The van der Waals surface area contributed by atoms with Gasteiger partial charge in [0.25, 0.3) is 0 Å². The summed E-state index contributed by atoms with van der Waals surface area (Å²) in [5.74, 6) is -1.01. The molecule has 0 amide bonds. The minimum absolute atomic E-state index is 0. The highest BCUT2D eigenvalue weighted by molar-refractivity contribution is 5.85. The highest BCUT2D eigenvalue weighted by atomic mass is 35.5. The number of carbonyl (C=O) groups is 1. The molecule has 10 heavy (non-hydrogen) atoms. The highest BCUT2D eigenvalue weighted by Gasteiger charge is 2.29. The van der Waals surface area contributed by atoms with Crippen molar-refractivity contribution >= 4 is 18.4 Å². The molecule has 1 fully saturated rings. The first-order chi connectivity index (χ1) is 4.22. The van der Waals surface area contributed by atoms with E-state index in [1.54, 1.807) is 0 Å². The first kappa shape index (κ1) is 9.72. The maximum absolute atomic E-state index is 10.3. The second kappa shape index (κ2) is 3.78. The summed E-state index contributed by atoms with van der Waals surface area (Å²) in [7, 11) is 0. The predicted octanol–water partition coefficient (Wildman–Crippen LogP) is 0.620. The number of hydrogen-bond acceptors (Lipinski definition) is 2. The molecule has 60 valence electrons. The summed E-state index contributed by atoms with van der Waals surface area (Å²) >= 11 is 0. The molecule has 0 aromatic heterocycles. The third-order valence-corrected chi connectivity index (χ3v) is 1.89. The molecule has 3 nitrogen and oxygen atoms in total. The minimum atomic E-state index is -0.736. The average molecular weight is 166 g/mol. The topological polar surface area (TPSA) is 63.3 Å². The van der Waals surface area contributed by atoms with Crippen LogP contribution in [-0.2, 0) is 4.79 Å². The number of rotatable bonds is 1. The molecule has 1 aliphatic carbocycles. The first-order valence-corrected chi connectivity index (χ1v) is 3.20. The van der Waals surface area contributed by atoms with E-state index in [0.717, 1.165) is 19.3 Å². The Bertz CT molecular complexity index is 129. The second-order valence-corrected chi connectivity index (χ2v) is 2.54. The number of halogens is 1. The highest BCUT2D eigenvalue weighted by Crippen LogP contribution is 2.23. The zero-order valence-corrected chi connectivity index (χ0v) is 6.43. The molecule has 0 aliphatic heterocycles.